The second kappa shape index (κ2) is 262. The molecule has 1 unspecified atom stereocenters. The van der Waals surface area contributed by atoms with E-state index in [9.17, 15) is 0 Å². The molecule has 0 amide bonds. The molecule has 1 aliphatic heterocycles. The molecular formula is C41H104O4. The zero-order chi connectivity index (χ0) is 40.2. The van der Waals surface area contributed by atoms with E-state index in [1.165, 1.54) is 6.42 Å². The van der Waals surface area contributed by atoms with Crippen molar-refractivity contribution in [3.8, 4) is 0 Å². The molecule has 0 spiro atoms. The van der Waals surface area contributed by atoms with Crippen molar-refractivity contribution in [1.82, 2.24) is 0 Å². The van der Waals surface area contributed by atoms with Gasteiger partial charge in [0, 0.05) is 40.6 Å². The predicted molar refractivity (Wildman–Crippen MR) is 225 cm³/mol. The van der Waals surface area contributed by atoms with Crippen molar-refractivity contribution < 1.29 is 18.9 Å². The van der Waals surface area contributed by atoms with Crippen LogP contribution in [0.5, 0.6) is 0 Å². The van der Waals surface area contributed by atoms with E-state index in [2.05, 4.69) is 36.5 Å². The zero-order valence-corrected chi connectivity index (χ0v) is 37.9. The molecule has 4 nitrogen and oxygen atoms in total. The molecule has 0 saturated carbocycles. The normalized spacial score (nSPS) is 9.18. The first-order valence-corrected chi connectivity index (χ1v) is 19.0. The standard InChI is InChI=1S/C6H10.C5H12O.C4H8O.2C3H8O.9C2H6.C2H4/c2*1-3-5-6-4-2;1-2-4-3-5-4;2*1-3-4-2;10*1-2/h3-6H,1-2H3;3-5H2,1-2H3;4H,2-3H2,1H3;2*3H2,1-2H3;9*1-2H3;1-2H2/b5-3+,6-4+;;;;;;;;;;;;;;. The largest absolute Gasteiger partial charge is 0.385 e. The van der Waals surface area contributed by atoms with Gasteiger partial charge in [-0.1, -0.05) is 163 Å². The predicted octanol–water partition coefficient (Wildman–Crippen LogP) is 15.7. The van der Waals surface area contributed by atoms with Crippen molar-refractivity contribution in [3.63, 3.8) is 0 Å². The van der Waals surface area contributed by atoms with E-state index in [0.717, 1.165) is 39.5 Å². The molecular weight excluding hydrogens is 556 g/mol. The maximum Gasteiger partial charge on any atom is 0.0807 e. The quantitative estimate of drug-likeness (QED) is 0.118. The van der Waals surface area contributed by atoms with Crippen molar-refractivity contribution in [2.24, 2.45) is 0 Å². The molecule has 0 N–H and O–H groups in total. The van der Waals surface area contributed by atoms with Crippen molar-refractivity contribution >= 4 is 0 Å². The van der Waals surface area contributed by atoms with E-state index < -0.39 is 0 Å². The number of epoxide rings is 1. The summed E-state index contributed by atoms with van der Waals surface area (Å²) in [4.78, 5) is 0. The topological polar surface area (TPSA) is 40.2 Å². The summed E-state index contributed by atoms with van der Waals surface area (Å²) in [6, 6.07) is 0. The summed E-state index contributed by atoms with van der Waals surface area (Å²) in [7, 11) is 3.36. The van der Waals surface area contributed by atoms with Crippen molar-refractivity contribution in [1.29, 1.82) is 0 Å². The van der Waals surface area contributed by atoms with Gasteiger partial charge >= 0.3 is 0 Å². The van der Waals surface area contributed by atoms with Crippen LogP contribution in [0.4, 0.5) is 0 Å². The van der Waals surface area contributed by atoms with Crippen LogP contribution < -0.4 is 0 Å². The summed E-state index contributed by atoms with van der Waals surface area (Å²) in [5, 5.41) is 0. The van der Waals surface area contributed by atoms with Gasteiger partial charge in [0.1, 0.15) is 0 Å². The van der Waals surface area contributed by atoms with Crippen LogP contribution >= 0.6 is 0 Å². The van der Waals surface area contributed by atoms with E-state index in [1.54, 1.807) is 14.2 Å². The van der Waals surface area contributed by atoms with E-state index in [4.69, 9.17) is 9.47 Å². The summed E-state index contributed by atoms with van der Waals surface area (Å²) in [6.45, 7) is 60.6. The number of ether oxygens (including phenoxy) is 4. The van der Waals surface area contributed by atoms with E-state index in [-0.39, 0.29) is 0 Å². The molecule has 0 radical (unpaired) electrons. The van der Waals surface area contributed by atoms with Crippen molar-refractivity contribution in [3.05, 3.63) is 37.5 Å². The Morgan fingerprint density at radius 3 is 0.800 bits per heavy atom. The Morgan fingerprint density at radius 2 is 0.756 bits per heavy atom. The summed E-state index contributed by atoms with van der Waals surface area (Å²) in [5.41, 5.74) is 0. The smallest absolute Gasteiger partial charge is 0.0807 e. The van der Waals surface area contributed by atoms with Gasteiger partial charge in [-0.05, 0) is 47.5 Å². The first-order valence-electron chi connectivity index (χ1n) is 19.0. The Kier molecular flexibility index (Phi) is 526. The number of methoxy groups -OCH3 is 2. The van der Waals surface area contributed by atoms with Gasteiger partial charge < -0.3 is 18.9 Å². The summed E-state index contributed by atoms with van der Waals surface area (Å²) in [5.74, 6) is 0. The average Bonchev–Trinajstić information content (AvgIpc) is 4.04. The van der Waals surface area contributed by atoms with E-state index in [1.807, 2.05) is 184 Å². The van der Waals surface area contributed by atoms with Crippen LogP contribution in [0.15, 0.2) is 37.5 Å². The molecule has 0 aromatic rings. The second-order valence-electron chi connectivity index (χ2n) is 4.77. The maximum atomic E-state index is 4.98. The molecule has 0 bridgehead atoms. The van der Waals surface area contributed by atoms with Crippen LogP contribution in [0.2, 0.25) is 0 Å². The van der Waals surface area contributed by atoms with Gasteiger partial charge in [0.2, 0.25) is 0 Å². The third kappa shape index (κ3) is 499. The molecule has 1 saturated heterocycles. The fraction of sp³-hybridized carbons (Fsp3) is 0.854. The minimum absolute atomic E-state index is 0.634. The second-order valence-corrected chi connectivity index (χ2v) is 4.77. The van der Waals surface area contributed by atoms with Crippen molar-refractivity contribution in [2.45, 2.75) is 192 Å². The Hall–Kier alpha value is -0.940. The Labute approximate surface area is 295 Å². The molecule has 1 fully saturated rings. The highest BCUT2D eigenvalue weighted by atomic mass is 16.6. The number of hydrogen-bond donors (Lipinski definition) is 0. The molecule has 45 heavy (non-hydrogen) atoms. The minimum Gasteiger partial charge on any atom is -0.385 e. The Balaban J connectivity index is -0.0000000196. The Bertz CT molecular complexity index is 218. The van der Waals surface area contributed by atoms with Crippen LogP contribution in [-0.4, -0.2) is 53.4 Å². The molecule has 0 aromatic heterocycles. The van der Waals surface area contributed by atoms with Crippen LogP contribution in [0.1, 0.15) is 186 Å². The number of hydrogen-bond acceptors (Lipinski definition) is 4. The fourth-order valence-corrected chi connectivity index (χ4v) is 0.815. The molecule has 4 heteroatoms. The minimum atomic E-state index is 0.634. The summed E-state index contributed by atoms with van der Waals surface area (Å²) in [6.07, 6.45) is 11.0. The SMILES string of the molecule is C/C=C/C=C/C.C=C.CC.CC.CC.CC.CC.CC.CC.CC.CC.CCC1CO1.CCCOCC.CCOC.CCOC. The number of rotatable bonds is 7. The lowest BCUT2D eigenvalue weighted by molar-refractivity contribution is 0.148. The van der Waals surface area contributed by atoms with Gasteiger partial charge in [0.05, 0.1) is 12.7 Å². The highest BCUT2D eigenvalue weighted by Gasteiger charge is 2.18. The maximum absolute atomic E-state index is 4.98. The molecule has 1 atom stereocenters. The highest BCUT2D eigenvalue weighted by molar-refractivity contribution is 4.98. The van der Waals surface area contributed by atoms with Crippen LogP contribution in [0, 0.1) is 0 Å². The molecule has 1 aliphatic rings. The number of allylic oxidation sites excluding steroid dienone is 4. The zero-order valence-electron chi connectivity index (χ0n) is 37.9. The highest BCUT2D eigenvalue weighted by Crippen LogP contribution is 2.10. The molecule has 1 heterocycles. The van der Waals surface area contributed by atoms with Crippen molar-refractivity contribution in [2.75, 3.05) is 47.3 Å². The molecule has 1 rings (SSSR count). The van der Waals surface area contributed by atoms with Gasteiger partial charge in [-0.15, -0.1) is 13.2 Å². The molecule has 0 aromatic carbocycles. The van der Waals surface area contributed by atoms with Gasteiger partial charge in [0.15, 0.2) is 0 Å². The fourth-order valence-electron chi connectivity index (χ4n) is 0.815. The van der Waals surface area contributed by atoms with Gasteiger partial charge in [0.25, 0.3) is 0 Å². The molecule has 292 valence electrons. The monoisotopic (exact) mass is 661 g/mol. The summed E-state index contributed by atoms with van der Waals surface area (Å²) < 4.78 is 18.9. The first kappa shape index (κ1) is 90.4. The lowest BCUT2D eigenvalue weighted by Gasteiger charge is -1.91. The third-order valence-electron chi connectivity index (χ3n) is 2.48. The van der Waals surface area contributed by atoms with Crippen LogP contribution in [-0.2, 0) is 18.9 Å². The van der Waals surface area contributed by atoms with E-state index in [0.29, 0.717) is 6.10 Å². The van der Waals surface area contributed by atoms with Gasteiger partial charge in [-0.2, -0.15) is 0 Å². The van der Waals surface area contributed by atoms with E-state index >= 15 is 0 Å². The van der Waals surface area contributed by atoms with Crippen LogP contribution in [0.3, 0.4) is 0 Å². The van der Waals surface area contributed by atoms with Gasteiger partial charge in [-0.25, -0.2) is 0 Å². The lowest BCUT2D eigenvalue weighted by Crippen LogP contribution is -1.88. The third-order valence-corrected chi connectivity index (χ3v) is 2.48. The molecule has 0 aliphatic carbocycles. The Morgan fingerprint density at radius 1 is 0.533 bits per heavy atom. The summed E-state index contributed by atoms with van der Waals surface area (Å²) >= 11 is 0. The lowest BCUT2D eigenvalue weighted by atomic mass is 10.4. The average molecular weight is 661 g/mol. The van der Waals surface area contributed by atoms with Crippen LogP contribution in [0.25, 0.3) is 0 Å². The first-order chi connectivity index (χ1) is 22.1. The van der Waals surface area contributed by atoms with Gasteiger partial charge in [-0.3, -0.25) is 0 Å².